The number of hydrogen-bond acceptors (Lipinski definition) is 6. The molecule has 9 nitrogen and oxygen atoms in total. The first-order valence-corrected chi connectivity index (χ1v) is 7.54. The van der Waals surface area contributed by atoms with Crippen LogP contribution in [0.1, 0.15) is 24.0 Å². The fourth-order valence-electron chi connectivity index (χ4n) is 2.88. The van der Waals surface area contributed by atoms with Crippen molar-refractivity contribution in [3.05, 3.63) is 66.3 Å². The summed E-state index contributed by atoms with van der Waals surface area (Å²) in [6.07, 6.45) is 0. The first kappa shape index (κ1) is 18.2. The first-order chi connectivity index (χ1) is 11.7. The molecule has 1 aromatic carbocycles. The van der Waals surface area contributed by atoms with Gasteiger partial charge in [-0.05, 0) is 6.07 Å². The second kappa shape index (κ2) is 6.80. The lowest BCUT2D eigenvalue weighted by atomic mass is 9.86. The second-order valence-electron chi connectivity index (χ2n) is 5.75. The Kier molecular flexibility index (Phi) is 4.96. The quantitative estimate of drug-likeness (QED) is 0.619. The number of aromatic nitrogens is 2. The Morgan fingerprint density at radius 2 is 1.80 bits per heavy atom. The van der Waals surface area contributed by atoms with E-state index < -0.39 is 28.1 Å². The Morgan fingerprint density at radius 1 is 1.20 bits per heavy atom. The van der Waals surface area contributed by atoms with Gasteiger partial charge >= 0.3 is 5.69 Å². The first-order valence-electron chi connectivity index (χ1n) is 7.54. The molecule has 0 saturated carbocycles. The standard InChI is InChI=1S/C16H20N4O5/c1-9(20(23)24)12(10-7-5-6-8-11(10)25-4)13-14(17)18(2)16(22)19(3)15(13)21/h5-9,12H,17H2,1-4H3/t9-,12+/m1/s1. The van der Waals surface area contributed by atoms with Crippen molar-refractivity contribution in [1.82, 2.24) is 9.13 Å². The van der Waals surface area contributed by atoms with Crippen molar-refractivity contribution >= 4 is 5.82 Å². The third-order valence-electron chi connectivity index (χ3n) is 4.35. The average molecular weight is 348 g/mol. The van der Waals surface area contributed by atoms with Gasteiger partial charge in [0.1, 0.15) is 11.6 Å². The molecule has 0 aliphatic rings. The zero-order valence-electron chi connectivity index (χ0n) is 14.4. The number of nitro groups is 1. The molecule has 1 heterocycles. The van der Waals surface area contributed by atoms with Crippen LogP contribution in [0.2, 0.25) is 0 Å². The lowest BCUT2D eigenvalue weighted by Gasteiger charge is -2.23. The molecule has 0 amide bonds. The van der Waals surface area contributed by atoms with Crippen LogP contribution in [-0.2, 0) is 14.1 Å². The van der Waals surface area contributed by atoms with Crippen LogP contribution in [0.15, 0.2) is 33.9 Å². The number of para-hydroxylation sites is 1. The highest BCUT2D eigenvalue weighted by Gasteiger charge is 2.36. The molecule has 2 atom stereocenters. The zero-order valence-corrected chi connectivity index (χ0v) is 14.4. The Hall–Kier alpha value is -3.10. The predicted molar refractivity (Wildman–Crippen MR) is 92.6 cm³/mol. The van der Waals surface area contributed by atoms with E-state index in [1.54, 1.807) is 24.3 Å². The third-order valence-corrected chi connectivity index (χ3v) is 4.35. The van der Waals surface area contributed by atoms with Gasteiger partial charge in [-0.3, -0.25) is 24.0 Å². The third kappa shape index (κ3) is 3.00. The van der Waals surface area contributed by atoms with E-state index in [4.69, 9.17) is 10.5 Å². The maximum Gasteiger partial charge on any atom is 0.332 e. The van der Waals surface area contributed by atoms with Crippen LogP contribution in [-0.4, -0.2) is 27.2 Å². The van der Waals surface area contributed by atoms with Crippen LogP contribution in [0.5, 0.6) is 5.75 Å². The SMILES string of the molecule is COc1ccccc1[C@@H](c1c(N)n(C)c(=O)n(C)c1=O)[C@@H](C)[N+](=O)[O-]. The highest BCUT2D eigenvalue weighted by Crippen LogP contribution is 2.35. The number of methoxy groups -OCH3 is 1. The van der Waals surface area contributed by atoms with Gasteiger partial charge in [0.25, 0.3) is 5.56 Å². The van der Waals surface area contributed by atoms with Gasteiger partial charge < -0.3 is 10.5 Å². The lowest BCUT2D eigenvalue weighted by molar-refractivity contribution is -0.520. The van der Waals surface area contributed by atoms with Crippen LogP contribution < -0.4 is 21.7 Å². The van der Waals surface area contributed by atoms with Crippen molar-refractivity contribution in [1.29, 1.82) is 0 Å². The van der Waals surface area contributed by atoms with Gasteiger partial charge in [-0.1, -0.05) is 18.2 Å². The second-order valence-corrected chi connectivity index (χ2v) is 5.75. The maximum absolute atomic E-state index is 12.7. The molecule has 1 aromatic heterocycles. The van der Waals surface area contributed by atoms with E-state index in [0.29, 0.717) is 11.3 Å². The van der Waals surface area contributed by atoms with Gasteiger partial charge in [-0.2, -0.15) is 0 Å². The number of ether oxygens (including phenoxy) is 1. The minimum Gasteiger partial charge on any atom is -0.496 e. The molecular weight excluding hydrogens is 328 g/mol. The molecule has 0 saturated heterocycles. The fraction of sp³-hybridized carbons (Fsp3) is 0.375. The molecule has 2 N–H and O–H groups in total. The van der Waals surface area contributed by atoms with E-state index in [2.05, 4.69) is 0 Å². The Bertz CT molecular complexity index is 931. The molecule has 134 valence electrons. The van der Waals surface area contributed by atoms with Crippen LogP contribution in [0.4, 0.5) is 5.82 Å². The van der Waals surface area contributed by atoms with E-state index in [1.807, 2.05) is 0 Å². The summed E-state index contributed by atoms with van der Waals surface area (Å²) >= 11 is 0. The largest absolute Gasteiger partial charge is 0.496 e. The summed E-state index contributed by atoms with van der Waals surface area (Å²) in [5, 5.41) is 11.5. The average Bonchev–Trinajstić information content (AvgIpc) is 2.61. The minimum atomic E-state index is -1.16. The van der Waals surface area contributed by atoms with E-state index in [-0.39, 0.29) is 11.4 Å². The molecule has 2 rings (SSSR count). The van der Waals surface area contributed by atoms with E-state index in [9.17, 15) is 19.7 Å². The summed E-state index contributed by atoms with van der Waals surface area (Å²) in [4.78, 5) is 35.8. The monoisotopic (exact) mass is 348 g/mol. The highest BCUT2D eigenvalue weighted by atomic mass is 16.6. The number of benzene rings is 1. The van der Waals surface area contributed by atoms with Crippen molar-refractivity contribution < 1.29 is 9.66 Å². The highest BCUT2D eigenvalue weighted by molar-refractivity contribution is 5.50. The summed E-state index contributed by atoms with van der Waals surface area (Å²) in [6, 6.07) is 5.55. The molecule has 25 heavy (non-hydrogen) atoms. The van der Waals surface area contributed by atoms with Gasteiger partial charge in [0.15, 0.2) is 0 Å². The number of hydrogen-bond donors (Lipinski definition) is 1. The number of nitrogen functional groups attached to an aromatic ring is 1. The molecule has 0 radical (unpaired) electrons. The number of nitrogens with zero attached hydrogens (tertiary/aromatic N) is 3. The molecule has 9 heteroatoms. The van der Waals surface area contributed by atoms with Crippen molar-refractivity contribution in [2.24, 2.45) is 14.1 Å². The van der Waals surface area contributed by atoms with E-state index in [1.165, 1.54) is 28.1 Å². The lowest BCUT2D eigenvalue weighted by Crippen LogP contribution is -2.43. The van der Waals surface area contributed by atoms with Gasteiger partial charge in [0, 0.05) is 31.5 Å². The van der Waals surface area contributed by atoms with Crippen LogP contribution >= 0.6 is 0 Å². The van der Waals surface area contributed by atoms with Gasteiger partial charge in [-0.15, -0.1) is 0 Å². The van der Waals surface area contributed by atoms with Gasteiger partial charge in [-0.25, -0.2) is 4.79 Å². The number of rotatable bonds is 5. The zero-order chi connectivity index (χ0) is 18.9. The molecule has 0 aliphatic heterocycles. The molecule has 2 aromatic rings. The summed E-state index contributed by atoms with van der Waals surface area (Å²) < 4.78 is 7.29. The van der Waals surface area contributed by atoms with Crippen LogP contribution in [0, 0.1) is 10.1 Å². The van der Waals surface area contributed by atoms with Crippen molar-refractivity contribution in [2.45, 2.75) is 18.9 Å². The normalized spacial score (nSPS) is 13.3. The molecule has 0 aliphatic carbocycles. The predicted octanol–water partition coefficient (Wildman–Crippen LogP) is 0.472. The Labute approximate surface area is 143 Å². The maximum atomic E-state index is 12.7. The van der Waals surface area contributed by atoms with Crippen LogP contribution in [0.3, 0.4) is 0 Å². The Balaban J connectivity index is 2.91. The molecule has 0 unspecified atom stereocenters. The van der Waals surface area contributed by atoms with E-state index in [0.717, 1.165) is 9.13 Å². The Morgan fingerprint density at radius 3 is 2.36 bits per heavy atom. The smallest absolute Gasteiger partial charge is 0.332 e. The van der Waals surface area contributed by atoms with Crippen LogP contribution in [0.25, 0.3) is 0 Å². The molecule has 0 bridgehead atoms. The molecule has 0 spiro atoms. The molecular formula is C16H20N4O5. The fourth-order valence-corrected chi connectivity index (χ4v) is 2.88. The summed E-state index contributed by atoms with van der Waals surface area (Å²) in [6.45, 7) is 1.39. The van der Waals surface area contributed by atoms with Crippen molar-refractivity contribution in [3.63, 3.8) is 0 Å². The summed E-state index contributed by atoms with van der Waals surface area (Å²) in [5.74, 6) is -0.675. The summed E-state index contributed by atoms with van der Waals surface area (Å²) in [7, 11) is 4.16. The number of nitrogens with two attached hydrogens (primary N) is 1. The topological polar surface area (TPSA) is 122 Å². The van der Waals surface area contributed by atoms with Gasteiger partial charge in [0.2, 0.25) is 6.04 Å². The minimum absolute atomic E-state index is 0.00157. The van der Waals surface area contributed by atoms with E-state index >= 15 is 0 Å². The molecule has 0 fully saturated rings. The van der Waals surface area contributed by atoms with Crippen molar-refractivity contribution in [3.8, 4) is 5.75 Å². The van der Waals surface area contributed by atoms with Gasteiger partial charge in [0.05, 0.1) is 18.6 Å². The van der Waals surface area contributed by atoms with Crippen molar-refractivity contribution in [2.75, 3.05) is 12.8 Å². The number of anilines is 1. The summed E-state index contributed by atoms with van der Waals surface area (Å²) in [5.41, 5.74) is 5.20.